The Morgan fingerprint density at radius 3 is 2.49 bits per heavy atom. The Morgan fingerprint density at radius 2 is 1.74 bits per heavy atom. The number of rotatable bonds is 8. The van der Waals surface area contributed by atoms with E-state index in [2.05, 4.69) is 26.1 Å². The minimum Gasteiger partial charge on any atom is -0.393 e. The lowest BCUT2D eigenvalue weighted by Gasteiger charge is -2.64. The summed E-state index contributed by atoms with van der Waals surface area (Å²) in [5, 5.41) is 13.1. The van der Waals surface area contributed by atoms with Gasteiger partial charge < -0.3 is 10.4 Å². The summed E-state index contributed by atoms with van der Waals surface area (Å²) in [6.07, 6.45) is 13.9. The number of aliphatic hydroxyl groups is 1. The van der Waals surface area contributed by atoms with Gasteiger partial charge in [0.25, 0.3) is 10.1 Å². The average molecular weight is 512 g/mol. The van der Waals surface area contributed by atoms with Crippen LogP contribution in [0.2, 0.25) is 0 Å². The molecule has 3 N–H and O–H groups in total. The number of hydrogen-bond donors (Lipinski definition) is 3. The van der Waals surface area contributed by atoms with Gasteiger partial charge in [0.15, 0.2) is 0 Å². The fraction of sp³-hybridized carbons (Fsp3) is 0.964. The summed E-state index contributed by atoms with van der Waals surface area (Å²) in [7, 11) is -3.96. The zero-order valence-corrected chi connectivity index (χ0v) is 23.0. The molecule has 0 heterocycles. The fourth-order valence-electron chi connectivity index (χ4n) is 9.54. The van der Waals surface area contributed by atoms with Gasteiger partial charge in [0, 0.05) is 13.0 Å². The highest BCUT2D eigenvalue weighted by atomic mass is 32.2. The Morgan fingerprint density at radius 1 is 1.03 bits per heavy atom. The van der Waals surface area contributed by atoms with Crippen molar-refractivity contribution in [2.45, 2.75) is 110 Å². The molecule has 35 heavy (non-hydrogen) atoms. The lowest BCUT2D eigenvalue weighted by Crippen LogP contribution is -2.57. The maximum Gasteiger partial charge on any atom is 0.264 e. The Labute approximate surface area is 213 Å². The van der Waals surface area contributed by atoms with E-state index in [1.54, 1.807) is 0 Å². The topological polar surface area (TPSA) is 104 Å². The second kappa shape index (κ2) is 10.6. The van der Waals surface area contributed by atoms with Gasteiger partial charge in [-0.1, -0.05) is 27.2 Å². The summed E-state index contributed by atoms with van der Waals surface area (Å²) in [5.74, 6) is 3.97. The first kappa shape index (κ1) is 27.4. The van der Waals surface area contributed by atoms with Crippen molar-refractivity contribution in [3.8, 4) is 0 Å². The average Bonchev–Trinajstić information content (AvgIpc) is 2.79. The normalized spacial score (nSPS) is 42.3. The third-order valence-corrected chi connectivity index (χ3v) is 12.2. The molecule has 4 aliphatic rings. The van der Waals surface area contributed by atoms with Crippen LogP contribution in [0.3, 0.4) is 0 Å². The molecule has 6 nitrogen and oxygen atoms in total. The lowest BCUT2D eigenvalue weighted by atomic mass is 9.41. The van der Waals surface area contributed by atoms with Gasteiger partial charge in [-0.25, -0.2) is 0 Å². The molecule has 0 aromatic heterocycles. The van der Waals surface area contributed by atoms with Gasteiger partial charge >= 0.3 is 0 Å². The molecular weight excluding hydrogens is 462 g/mol. The molecule has 0 spiro atoms. The molecule has 0 radical (unpaired) electrons. The molecule has 4 saturated carbocycles. The second-order valence-corrected chi connectivity index (χ2v) is 14.7. The predicted octanol–water partition coefficient (Wildman–Crippen LogP) is 5.21. The third-order valence-electron chi connectivity index (χ3n) is 11.4. The predicted molar refractivity (Wildman–Crippen MR) is 138 cm³/mol. The highest BCUT2D eigenvalue weighted by molar-refractivity contribution is 7.85. The van der Waals surface area contributed by atoms with Crippen LogP contribution in [0.4, 0.5) is 0 Å². The molecule has 0 saturated heterocycles. The largest absolute Gasteiger partial charge is 0.393 e. The van der Waals surface area contributed by atoms with E-state index in [0.717, 1.165) is 37.0 Å². The summed E-state index contributed by atoms with van der Waals surface area (Å²) in [6, 6.07) is 0. The standard InChI is InChI=1S/C28H49NO5S/c1-19(8-11-26(31)29-16-5-17-35(32,33)34)23-6-4-7-24-22-10-9-20-18-21(30)12-14-27(20,2)25(22)13-15-28(23,24)3/h19-25,30H,4-18H2,1-3H3,(H,29,31)(H,32,33,34)/t19-,20-,21-,22+,23?,24?,25?,27+,28-/m1/s1. The number of hydrogen-bond acceptors (Lipinski definition) is 4. The van der Waals surface area contributed by atoms with Gasteiger partial charge in [0.1, 0.15) is 0 Å². The number of carbonyl (C=O) groups excluding carboxylic acids is 1. The number of aliphatic hydroxyl groups excluding tert-OH is 1. The van der Waals surface area contributed by atoms with E-state index in [1.165, 1.54) is 51.4 Å². The van der Waals surface area contributed by atoms with Crippen molar-refractivity contribution in [3.05, 3.63) is 0 Å². The molecule has 4 rings (SSSR count). The zero-order valence-electron chi connectivity index (χ0n) is 22.2. The molecule has 1 amide bonds. The van der Waals surface area contributed by atoms with Crippen molar-refractivity contribution in [1.82, 2.24) is 5.32 Å². The van der Waals surface area contributed by atoms with Crippen molar-refractivity contribution in [2.75, 3.05) is 12.3 Å². The monoisotopic (exact) mass is 511 g/mol. The molecule has 4 fully saturated rings. The molecule has 0 aromatic rings. The van der Waals surface area contributed by atoms with E-state index in [4.69, 9.17) is 4.55 Å². The number of nitrogens with one attached hydrogen (secondary N) is 1. The quantitative estimate of drug-likeness (QED) is 0.307. The molecule has 0 aromatic carbocycles. The van der Waals surface area contributed by atoms with Gasteiger partial charge in [0.05, 0.1) is 11.9 Å². The summed E-state index contributed by atoms with van der Waals surface area (Å²) in [5.41, 5.74) is 0.775. The summed E-state index contributed by atoms with van der Waals surface area (Å²) < 4.78 is 30.5. The highest BCUT2D eigenvalue weighted by Crippen LogP contribution is 2.67. The molecule has 4 aliphatic carbocycles. The van der Waals surface area contributed by atoms with Crippen LogP contribution in [-0.2, 0) is 14.9 Å². The van der Waals surface area contributed by atoms with Crippen LogP contribution in [0.15, 0.2) is 0 Å². The molecule has 0 aliphatic heterocycles. The van der Waals surface area contributed by atoms with Crippen LogP contribution in [0.5, 0.6) is 0 Å². The first-order valence-electron chi connectivity index (χ1n) is 14.3. The van der Waals surface area contributed by atoms with E-state index >= 15 is 0 Å². The molecule has 9 atom stereocenters. The van der Waals surface area contributed by atoms with Gasteiger partial charge in [-0.15, -0.1) is 0 Å². The van der Waals surface area contributed by atoms with E-state index in [1.807, 2.05) is 0 Å². The maximum absolute atomic E-state index is 12.4. The Kier molecular flexibility index (Phi) is 8.30. The van der Waals surface area contributed by atoms with Crippen molar-refractivity contribution in [1.29, 1.82) is 0 Å². The van der Waals surface area contributed by atoms with Crippen molar-refractivity contribution in [3.63, 3.8) is 0 Å². The molecular formula is C28H49NO5S. The maximum atomic E-state index is 12.4. The van der Waals surface area contributed by atoms with Crippen LogP contribution in [0.25, 0.3) is 0 Å². The SMILES string of the molecule is C[C@H](CCC(=O)NCCCS(=O)(=O)O)C1CCCC2[C@@H]3CC[C@@H]4C[C@H](O)CC[C@]4(C)C3CC[C@@]21C. The van der Waals surface area contributed by atoms with Gasteiger partial charge in [-0.2, -0.15) is 8.42 Å². The zero-order chi connectivity index (χ0) is 25.4. The molecule has 3 unspecified atom stereocenters. The van der Waals surface area contributed by atoms with E-state index in [0.29, 0.717) is 35.0 Å². The number of carbonyl (C=O) groups is 1. The Bertz CT molecular complexity index is 861. The van der Waals surface area contributed by atoms with Crippen molar-refractivity contribution in [2.24, 2.45) is 46.3 Å². The lowest BCUT2D eigenvalue weighted by molar-refractivity contribution is -0.157. The molecule has 0 bridgehead atoms. The van der Waals surface area contributed by atoms with Crippen LogP contribution < -0.4 is 5.32 Å². The van der Waals surface area contributed by atoms with Gasteiger partial charge in [-0.3, -0.25) is 9.35 Å². The highest BCUT2D eigenvalue weighted by Gasteiger charge is 2.59. The van der Waals surface area contributed by atoms with Gasteiger partial charge in [0.2, 0.25) is 5.91 Å². The van der Waals surface area contributed by atoms with E-state index in [-0.39, 0.29) is 30.7 Å². The summed E-state index contributed by atoms with van der Waals surface area (Å²) >= 11 is 0. The number of amides is 1. The smallest absolute Gasteiger partial charge is 0.264 e. The summed E-state index contributed by atoms with van der Waals surface area (Å²) in [6.45, 7) is 7.76. The first-order chi connectivity index (χ1) is 16.4. The van der Waals surface area contributed by atoms with Gasteiger partial charge in [-0.05, 0) is 117 Å². The minimum atomic E-state index is -3.96. The molecule has 202 valence electrons. The minimum absolute atomic E-state index is 0.0147. The van der Waals surface area contributed by atoms with Crippen molar-refractivity contribution >= 4 is 16.0 Å². The van der Waals surface area contributed by atoms with Crippen molar-refractivity contribution < 1.29 is 22.9 Å². The number of fused-ring (bicyclic) bond motifs is 5. The molecule has 7 heteroatoms. The summed E-state index contributed by atoms with van der Waals surface area (Å²) in [4.78, 5) is 12.4. The van der Waals surface area contributed by atoms with E-state index in [9.17, 15) is 18.3 Å². The first-order valence-corrected chi connectivity index (χ1v) is 15.9. The Hall–Kier alpha value is -0.660. The second-order valence-electron chi connectivity index (χ2n) is 13.2. The van der Waals surface area contributed by atoms with E-state index < -0.39 is 10.1 Å². The van der Waals surface area contributed by atoms with Crippen LogP contribution >= 0.6 is 0 Å². The van der Waals surface area contributed by atoms with Crippen LogP contribution in [0, 0.1) is 46.3 Å². The van der Waals surface area contributed by atoms with Crippen LogP contribution in [0.1, 0.15) is 104 Å². The van der Waals surface area contributed by atoms with Crippen LogP contribution in [-0.4, -0.2) is 42.4 Å². The Balaban J connectivity index is 1.35. The third kappa shape index (κ3) is 5.77. The fourth-order valence-corrected chi connectivity index (χ4v) is 10.0.